The molecule has 0 aliphatic heterocycles. The maximum Gasteiger partial charge on any atom is 0.161 e. The molecule has 2 unspecified atom stereocenters. The van der Waals surface area contributed by atoms with Crippen LogP contribution in [0.2, 0.25) is 0 Å². The van der Waals surface area contributed by atoms with Gasteiger partial charge < -0.3 is 24.2 Å². The zero-order chi connectivity index (χ0) is 23.9. The van der Waals surface area contributed by atoms with Gasteiger partial charge in [0.15, 0.2) is 23.0 Å². The van der Waals surface area contributed by atoms with Gasteiger partial charge in [-0.3, -0.25) is 0 Å². The Balaban J connectivity index is 2.39. The molecule has 0 fully saturated rings. The zero-order valence-corrected chi connectivity index (χ0v) is 20.3. The maximum absolute atomic E-state index is 10.5. The first-order chi connectivity index (χ1) is 15.3. The third kappa shape index (κ3) is 4.94. The second-order valence-electron chi connectivity index (χ2n) is 8.37. The quantitative estimate of drug-likeness (QED) is 0.542. The molecule has 0 bridgehead atoms. The summed E-state index contributed by atoms with van der Waals surface area (Å²) < 4.78 is 16.2. The number of benzene rings is 2. The van der Waals surface area contributed by atoms with Crippen LogP contribution in [0, 0.1) is 17.2 Å². The van der Waals surface area contributed by atoms with E-state index < -0.39 is 5.41 Å². The highest BCUT2D eigenvalue weighted by Gasteiger charge is 2.45. The fourth-order valence-electron chi connectivity index (χ4n) is 4.59. The van der Waals surface area contributed by atoms with Crippen molar-refractivity contribution in [2.45, 2.75) is 45.1 Å². The Labute approximate surface area is 192 Å². The molecule has 0 aliphatic carbocycles. The lowest BCUT2D eigenvalue weighted by Gasteiger charge is -2.43. The van der Waals surface area contributed by atoms with Crippen LogP contribution in [-0.2, 0) is 11.8 Å². The summed E-state index contributed by atoms with van der Waals surface area (Å²) in [6.07, 6.45) is 1.59. The Morgan fingerprint density at radius 2 is 1.66 bits per heavy atom. The molecule has 2 aromatic carbocycles. The van der Waals surface area contributed by atoms with Gasteiger partial charge in [-0.15, -0.1) is 0 Å². The van der Waals surface area contributed by atoms with E-state index in [1.165, 1.54) is 0 Å². The summed E-state index contributed by atoms with van der Waals surface area (Å²) in [6.45, 7) is 7.08. The molecule has 2 atom stereocenters. The SMILES string of the molecule is CCC(N(C)CCc1ccc(O)c(OC)c1)C(C#N)(c1ccc(OC)c(OC)c1)C(C)C. The molecule has 0 heterocycles. The van der Waals surface area contributed by atoms with Gasteiger partial charge in [0.1, 0.15) is 5.41 Å². The highest BCUT2D eigenvalue weighted by molar-refractivity contribution is 5.48. The molecular formula is C26H36N2O4. The van der Waals surface area contributed by atoms with Crippen molar-refractivity contribution in [3.63, 3.8) is 0 Å². The van der Waals surface area contributed by atoms with Gasteiger partial charge in [0.25, 0.3) is 0 Å². The number of methoxy groups -OCH3 is 3. The molecule has 0 amide bonds. The van der Waals surface area contributed by atoms with Crippen molar-refractivity contribution in [3.8, 4) is 29.1 Å². The summed E-state index contributed by atoms with van der Waals surface area (Å²) in [7, 11) is 6.84. The van der Waals surface area contributed by atoms with Crippen LogP contribution in [0.3, 0.4) is 0 Å². The molecule has 0 saturated heterocycles. The third-order valence-electron chi connectivity index (χ3n) is 6.40. The number of phenolic OH excluding ortho intramolecular Hbond substituents is 1. The second kappa shape index (κ2) is 11.1. The summed E-state index contributed by atoms with van der Waals surface area (Å²) in [5.41, 5.74) is 1.27. The van der Waals surface area contributed by atoms with Crippen LogP contribution in [0.1, 0.15) is 38.3 Å². The predicted molar refractivity (Wildman–Crippen MR) is 127 cm³/mol. The summed E-state index contributed by atoms with van der Waals surface area (Å²) in [4.78, 5) is 2.26. The Bertz CT molecular complexity index is 938. The number of rotatable bonds is 11. The highest BCUT2D eigenvalue weighted by Crippen LogP contribution is 2.42. The van der Waals surface area contributed by atoms with Gasteiger partial charge in [0.05, 0.1) is 27.4 Å². The fourth-order valence-corrected chi connectivity index (χ4v) is 4.59. The molecule has 0 aromatic heterocycles. The number of nitrogens with zero attached hydrogens (tertiary/aromatic N) is 2. The lowest BCUT2D eigenvalue weighted by atomic mass is 9.66. The molecule has 174 valence electrons. The van der Waals surface area contributed by atoms with E-state index >= 15 is 0 Å². The summed E-state index contributed by atoms with van der Waals surface area (Å²) in [5.74, 6) is 1.95. The van der Waals surface area contributed by atoms with Gasteiger partial charge in [0, 0.05) is 12.6 Å². The van der Waals surface area contributed by atoms with E-state index in [9.17, 15) is 10.4 Å². The van der Waals surface area contributed by atoms with Crippen molar-refractivity contribution in [2.24, 2.45) is 5.92 Å². The Hall–Kier alpha value is -2.91. The van der Waals surface area contributed by atoms with E-state index in [4.69, 9.17) is 14.2 Å². The van der Waals surface area contributed by atoms with E-state index in [0.717, 1.165) is 30.5 Å². The largest absolute Gasteiger partial charge is 0.504 e. The molecule has 0 aliphatic rings. The van der Waals surface area contributed by atoms with E-state index in [1.54, 1.807) is 27.4 Å². The Morgan fingerprint density at radius 1 is 1.00 bits per heavy atom. The van der Waals surface area contributed by atoms with Crippen LogP contribution in [0.4, 0.5) is 0 Å². The normalized spacial score (nSPS) is 14.0. The lowest BCUT2D eigenvalue weighted by Crippen LogP contribution is -2.51. The molecular weight excluding hydrogens is 404 g/mol. The molecule has 0 radical (unpaired) electrons. The minimum absolute atomic E-state index is 0.00962. The van der Waals surface area contributed by atoms with Crippen LogP contribution < -0.4 is 14.2 Å². The average molecular weight is 441 g/mol. The van der Waals surface area contributed by atoms with Gasteiger partial charge >= 0.3 is 0 Å². The van der Waals surface area contributed by atoms with Gasteiger partial charge in [0.2, 0.25) is 0 Å². The number of aromatic hydroxyl groups is 1. The zero-order valence-electron chi connectivity index (χ0n) is 20.3. The number of nitriles is 1. The van der Waals surface area contributed by atoms with E-state index in [2.05, 4.69) is 38.8 Å². The van der Waals surface area contributed by atoms with E-state index in [0.29, 0.717) is 17.2 Å². The first-order valence-corrected chi connectivity index (χ1v) is 11.0. The van der Waals surface area contributed by atoms with Crippen molar-refractivity contribution in [3.05, 3.63) is 47.5 Å². The summed E-state index contributed by atoms with van der Waals surface area (Å²) in [6, 6.07) is 13.9. The molecule has 32 heavy (non-hydrogen) atoms. The van der Waals surface area contributed by atoms with E-state index in [-0.39, 0.29) is 17.7 Å². The van der Waals surface area contributed by atoms with Crippen LogP contribution in [0.15, 0.2) is 36.4 Å². The maximum atomic E-state index is 10.5. The fraction of sp³-hybridized carbons (Fsp3) is 0.500. The van der Waals surface area contributed by atoms with Crippen LogP contribution in [0.5, 0.6) is 23.0 Å². The van der Waals surface area contributed by atoms with Gasteiger partial charge in [-0.1, -0.05) is 32.9 Å². The Kier molecular flexibility index (Phi) is 8.80. The summed E-state index contributed by atoms with van der Waals surface area (Å²) >= 11 is 0. The molecule has 0 spiro atoms. The third-order valence-corrected chi connectivity index (χ3v) is 6.40. The minimum Gasteiger partial charge on any atom is -0.504 e. The molecule has 2 aromatic rings. The summed E-state index contributed by atoms with van der Waals surface area (Å²) in [5, 5.41) is 20.4. The van der Waals surface area contributed by atoms with Gasteiger partial charge in [-0.2, -0.15) is 5.26 Å². The van der Waals surface area contributed by atoms with Gasteiger partial charge in [-0.25, -0.2) is 0 Å². The predicted octanol–water partition coefficient (Wildman–Crippen LogP) is 4.79. The van der Waals surface area contributed by atoms with Crippen molar-refractivity contribution in [1.29, 1.82) is 5.26 Å². The lowest BCUT2D eigenvalue weighted by molar-refractivity contribution is 0.140. The van der Waals surface area contributed by atoms with Crippen LogP contribution in [0.25, 0.3) is 0 Å². The number of hydrogen-bond acceptors (Lipinski definition) is 6. The standard InChI is InChI=1S/C26H36N2O4/c1-8-25(28(4)14-13-19-9-11-21(29)23(15-19)31-6)26(17-27,18(2)3)20-10-12-22(30-5)24(16-20)32-7/h9-12,15-16,18,25,29H,8,13-14H2,1-7H3. The topological polar surface area (TPSA) is 75.0 Å². The molecule has 1 N–H and O–H groups in total. The first-order valence-electron chi connectivity index (χ1n) is 11.0. The smallest absolute Gasteiger partial charge is 0.161 e. The second-order valence-corrected chi connectivity index (χ2v) is 8.37. The number of ether oxygens (including phenoxy) is 3. The number of hydrogen-bond donors (Lipinski definition) is 1. The van der Waals surface area contributed by atoms with Crippen molar-refractivity contribution in [1.82, 2.24) is 4.90 Å². The first kappa shape index (κ1) is 25.4. The molecule has 6 heteroatoms. The molecule has 0 saturated carbocycles. The minimum atomic E-state index is -0.726. The number of likely N-dealkylation sites (N-methyl/N-ethyl adjacent to an activating group) is 1. The van der Waals surface area contributed by atoms with Gasteiger partial charge in [-0.05, 0) is 61.2 Å². The van der Waals surface area contributed by atoms with Crippen LogP contribution in [-0.4, -0.2) is 51.0 Å². The van der Waals surface area contributed by atoms with Crippen molar-refractivity contribution >= 4 is 0 Å². The highest BCUT2D eigenvalue weighted by atomic mass is 16.5. The number of phenols is 1. The Morgan fingerprint density at radius 3 is 2.19 bits per heavy atom. The average Bonchev–Trinajstić information content (AvgIpc) is 2.80. The monoisotopic (exact) mass is 440 g/mol. The molecule has 6 nitrogen and oxygen atoms in total. The van der Waals surface area contributed by atoms with Crippen molar-refractivity contribution in [2.75, 3.05) is 34.9 Å². The van der Waals surface area contributed by atoms with E-state index in [1.807, 2.05) is 30.3 Å². The van der Waals surface area contributed by atoms with Crippen molar-refractivity contribution < 1.29 is 19.3 Å². The van der Waals surface area contributed by atoms with Crippen LogP contribution >= 0.6 is 0 Å². The molecule has 2 rings (SSSR count).